The van der Waals surface area contributed by atoms with Crippen molar-refractivity contribution in [3.05, 3.63) is 0 Å². The molecule has 0 aliphatic heterocycles. The minimum Gasteiger partial charge on any atom is -0.299 e. The van der Waals surface area contributed by atoms with Gasteiger partial charge in [-0.05, 0) is 13.3 Å². The highest BCUT2D eigenvalue weighted by Crippen LogP contribution is 2.05. The Hall–Kier alpha value is -0.930. The summed E-state index contributed by atoms with van der Waals surface area (Å²) in [5.74, 6) is -2.36. The average Bonchev–Trinajstić information content (AvgIpc) is 2.02. The van der Waals surface area contributed by atoms with Crippen molar-refractivity contribution in [3.63, 3.8) is 0 Å². The fourth-order valence-electron chi connectivity index (χ4n) is 0.661. The van der Waals surface area contributed by atoms with Gasteiger partial charge in [0.25, 0.3) is 0 Å². The van der Waals surface area contributed by atoms with E-state index in [1.165, 1.54) is 6.92 Å². The summed E-state index contributed by atoms with van der Waals surface area (Å²) >= 11 is 0. The van der Waals surface area contributed by atoms with E-state index in [2.05, 4.69) is 4.94 Å². The Kier molecular flexibility index (Phi) is 4.41. The smallest absolute Gasteiger partial charge is 0.299 e. The van der Waals surface area contributed by atoms with E-state index < -0.39 is 11.9 Å². The fraction of sp³-hybridized carbons (Fsp3) is 0.714. The van der Waals surface area contributed by atoms with Gasteiger partial charge >= 0.3 is 5.97 Å². The highest BCUT2D eigenvalue weighted by molar-refractivity contribution is 5.98. The topological polar surface area (TPSA) is 43.4 Å². The van der Waals surface area contributed by atoms with Crippen molar-refractivity contribution in [1.82, 2.24) is 0 Å². The molecule has 4 heteroatoms. The molecule has 0 saturated carbocycles. The minimum absolute atomic E-state index is 0.282. The number of hydrogen-bond donors (Lipinski definition) is 0. The second-order valence-corrected chi connectivity index (χ2v) is 2.33. The Morgan fingerprint density at radius 2 is 2.09 bits per heavy atom. The van der Waals surface area contributed by atoms with Gasteiger partial charge in [-0.25, -0.2) is 4.79 Å². The third kappa shape index (κ3) is 3.11. The van der Waals surface area contributed by atoms with E-state index in [9.17, 15) is 14.1 Å². The Balaban J connectivity index is 3.91. The summed E-state index contributed by atoms with van der Waals surface area (Å²) in [7, 11) is 0. The molecule has 0 heterocycles. The van der Waals surface area contributed by atoms with Crippen LogP contribution in [-0.2, 0) is 14.5 Å². The maximum atomic E-state index is 11.2. The zero-order valence-electron chi connectivity index (χ0n) is 6.59. The van der Waals surface area contributed by atoms with Crippen LogP contribution < -0.4 is 0 Å². The first-order valence-electron chi connectivity index (χ1n) is 3.48. The van der Waals surface area contributed by atoms with Gasteiger partial charge in [-0.15, -0.1) is 0 Å². The molecule has 0 spiro atoms. The standard InChI is InChI=1S/C7H11FO3/c1-3-4-6(9)5(2)7(10)11-8/h5H,3-4H2,1-2H3. The van der Waals surface area contributed by atoms with Crippen LogP contribution >= 0.6 is 0 Å². The highest BCUT2D eigenvalue weighted by atomic mass is 19.3. The van der Waals surface area contributed by atoms with Gasteiger partial charge in [0.15, 0.2) is 0 Å². The lowest BCUT2D eigenvalue weighted by Crippen LogP contribution is -2.20. The number of Topliss-reactive ketones (excluding diaryl/α,β-unsaturated/α-hetero) is 1. The third-order valence-corrected chi connectivity index (χ3v) is 1.41. The molecule has 0 aliphatic rings. The Labute approximate surface area is 64.4 Å². The summed E-state index contributed by atoms with van der Waals surface area (Å²) in [4.78, 5) is 24.2. The molecule has 0 fully saturated rings. The van der Waals surface area contributed by atoms with Crippen molar-refractivity contribution < 1.29 is 19.1 Å². The highest BCUT2D eigenvalue weighted by Gasteiger charge is 2.22. The van der Waals surface area contributed by atoms with Crippen molar-refractivity contribution in [2.45, 2.75) is 26.7 Å². The molecule has 0 radical (unpaired) electrons. The van der Waals surface area contributed by atoms with Crippen LogP contribution in [0.25, 0.3) is 0 Å². The summed E-state index contributed by atoms with van der Waals surface area (Å²) < 4.78 is 11.2. The van der Waals surface area contributed by atoms with Crippen LogP contribution in [0.3, 0.4) is 0 Å². The van der Waals surface area contributed by atoms with E-state index >= 15 is 0 Å². The molecule has 11 heavy (non-hydrogen) atoms. The number of ketones is 1. The van der Waals surface area contributed by atoms with Gasteiger partial charge in [0, 0.05) is 10.9 Å². The molecule has 1 atom stereocenters. The Bertz CT molecular complexity index is 156. The number of halogens is 1. The van der Waals surface area contributed by atoms with Gasteiger partial charge in [-0.1, -0.05) is 6.92 Å². The van der Waals surface area contributed by atoms with Crippen LogP contribution in [0.1, 0.15) is 26.7 Å². The van der Waals surface area contributed by atoms with Crippen LogP contribution in [0.4, 0.5) is 4.53 Å². The van der Waals surface area contributed by atoms with Crippen LogP contribution in [-0.4, -0.2) is 11.8 Å². The van der Waals surface area contributed by atoms with Gasteiger partial charge in [0.1, 0.15) is 11.7 Å². The summed E-state index contributed by atoms with van der Waals surface area (Å²) in [6.45, 7) is 3.14. The third-order valence-electron chi connectivity index (χ3n) is 1.41. The van der Waals surface area contributed by atoms with Crippen LogP contribution in [0.15, 0.2) is 0 Å². The maximum absolute atomic E-state index is 11.2. The second-order valence-electron chi connectivity index (χ2n) is 2.33. The first kappa shape index (κ1) is 10.1. The van der Waals surface area contributed by atoms with Crippen molar-refractivity contribution in [2.24, 2.45) is 5.92 Å². The quantitative estimate of drug-likeness (QED) is 0.587. The Morgan fingerprint density at radius 3 is 2.45 bits per heavy atom. The van der Waals surface area contributed by atoms with E-state index in [0.717, 1.165) is 0 Å². The number of carbonyl (C=O) groups excluding carboxylic acids is 2. The lowest BCUT2D eigenvalue weighted by atomic mass is 10.0. The number of carbonyl (C=O) groups is 2. The van der Waals surface area contributed by atoms with Crippen molar-refractivity contribution >= 4 is 11.8 Å². The lowest BCUT2D eigenvalue weighted by molar-refractivity contribution is -0.188. The normalized spacial score (nSPS) is 12.3. The van der Waals surface area contributed by atoms with Crippen LogP contribution in [0.2, 0.25) is 0 Å². The van der Waals surface area contributed by atoms with Crippen molar-refractivity contribution in [1.29, 1.82) is 0 Å². The predicted octanol–water partition coefficient (Wildman–Crippen LogP) is 1.42. The zero-order chi connectivity index (χ0) is 8.85. The van der Waals surface area contributed by atoms with Crippen molar-refractivity contribution in [2.75, 3.05) is 0 Å². The molecule has 0 aromatic carbocycles. The van der Waals surface area contributed by atoms with Gasteiger partial charge < -0.3 is 0 Å². The number of rotatable bonds is 4. The summed E-state index contributed by atoms with van der Waals surface area (Å²) in [6.07, 6.45) is 0.943. The first-order valence-corrected chi connectivity index (χ1v) is 3.48. The largest absolute Gasteiger partial charge is 0.358 e. The molecule has 0 aliphatic carbocycles. The van der Waals surface area contributed by atoms with Crippen molar-refractivity contribution in [3.8, 4) is 0 Å². The first-order chi connectivity index (χ1) is 5.13. The van der Waals surface area contributed by atoms with E-state index in [1.807, 2.05) is 6.92 Å². The molecule has 3 nitrogen and oxygen atoms in total. The molecular formula is C7H11FO3. The summed E-state index contributed by atoms with van der Waals surface area (Å²) in [5, 5.41) is 0. The maximum Gasteiger partial charge on any atom is 0.358 e. The molecule has 0 aromatic rings. The summed E-state index contributed by atoms with van der Waals surface area (Å²) in [6, 6.07) is 0. The SMILES string of the molecule is CCCC(=O)C(C)C(=O)OF. The molecule has 0 bridgehead atoms. The lowest BCUT2D eigenvalue weighted by Gasteiger charge is -2.02. The molecule has 0 amide bonds. The van der Waals surface area contributed by atoms with Crippen LogP contribution in [0, 0.1) is 5.92 Å². The summed E-state index contributed by atoms with van der Waals surface area (Å²) in [5.41, 5.74) is 0. The number of hydrogen-bond acceptors (Lipinski definition) is 3. The van der Waals surface area contributed by atoms with E-state index in [1.54, 1.807) is 0 Å². The predicted molar refractivity (Wildman–Crippen MR) is 36.3 cm³/mol. The zero-order valence-corrected chi connectivity index (χ0v) is 6.59. The minimum atomic E-state index is -1.11. The monoisotopic (exact) mass is 162 g/mol. The molecule has 0 N–H and O–H groups in total. The fourth-order valence-corrected chi connectivity index (χ4v) is 0.661. The van der Waals surface area contributed by atoms with E-state index in [-0.39, 0.29) is 12.2 Å². The molecule has 0 saturated heterocycles. The average molecular weight is 162 g/mol. The van der Waals surface area contributed by atoms with E-state index in [0.29, 0.717) is 6.42 Å². The van der Waals surface area contributed by atoms with E-state index in [4.69, 9.17) is 0 Å². The van der Waals surface area contributed by atoms with Gasteiger partial charge in [0.2, 0.25) is 0 Å². The van der Waals surface area contributed by atoms with Gasteiger partial charge in [0.05, 0.1) is 0 Å². The second kappa shape index (κ2) is 4.82. The van der Waals surface area contributed by atoms with Gasteiger partial charge in [-0.2, -0.15) is 0 Å². The Morgan fingerprint density at radius 1 is 1.55 bits per heavy atom. The molecule has 1 unspecified atom stereocenters. The molecular weight excluding hydrogens is 151 g/mol. The molecule has 0 rings (SSSR count). The molecule has 64 valence electrons. The molecule has 0 aromatic heterocycles. The van der Waals surface area contributed by atoms with Gasteiger partial charge in [-0.3, -0.25) is 9.74 Å². The van der Waals surface area contributed by atoms with Crippen LogP contribution in [0.5, 0.6) is 0 Å².